The Bertz CT molecular complexity index is 1090. The molecule has 0 spiro atoms. The number of pyridine rings is 2. The number of carbonyl (C=O) groups is 2. The summed E-state index contributed by atoms with van der Waals surface area (Å²) in [7, 11) is 0. The van der Waals surface area contributed by atoms with E-state index in [1.54, 1.807) is 27.7 Å². The van der Waals surface area contributed by atoms with E-state index in [1.807, 2.05) is 0 Å². The van der Waals surface area contributed by atoms with Crippen LogP contribution in [0.4, 0.5) is 34.0 Å². The normalized spacial score (nSPS) is 15.5. The topological polar surface area (TPSA) is 96.9 Å². The van der Waals surface area contributed by atoms with Crippen LogP contribution in [0.3, 0.4) is 0 Å². The Kier molecular flexibility index (Phi) is 7.89. The molecule has 0 aromatic carbocycles. The van der Waals surface area contributed by atoms with E-state index >= 15 is 4.39 Å². The fourth-order valence-electron chi connectivity index (χ4n) is 3.31. The van der Waals surface area contributed by atoms with Crippen molar-refractivity contribution in [1.82, 2.24) is 15.3 Å². The van der Waals surface area contributed by atoms with Gasteiger partial charge in [0.25, 0.3) is 0 Å². The molecule has 3 heterocycles. The maximum Gasteiger partial charge on any atom is 0.417 e. The largest absolute Gasteiger partial charge is 0.488 e. The first-order valence-corrected chi connectivity index (χ1v) is 11.1. The number of hydrogen-bond acceptors (Lipinski definition) is 7. The number of carbonyl (C=O) groups excluding carboxylic acids is 2. The summed E-state index contributed by atoms with van der Waals surface area (Å²) in [5.74, 6) is -1.54. The van der Waals surface area contributed by atoms with Gasteiger partial charge >= 0.3 is 12.3 Å². The maximum absolute atomic E-state index is 15.1. The number of aromatic nitrogens is 2. The lowest BCUT2D eigenvalue weighted by Gasteiger charge is -2.34. The Hall–Kier alpha value is -3.64. The number of amides is 2. The maximum atomic E-state index is 15.1. The van der Waals surface area contributed by atoms with Crippen LogP contribution in [-0.4, -0.2) is 59.9 Å². The Morgan fingerprint density at radius 1 is 1.17 bits per heavy atom. The van der Waals surface area contributed by atoms with Crippen LogP contribution in [-0.2, 0) is 15.7 Å². The van der Waals surface area contributed by atoms with Crippen molar-refractivity contribution in [2.24, 2.45) is 0 Å². The lowest BCUT2D eigenvalue weighted by molar-refractivity contribution is -0.137. The second kappa shape index (κ2) is 10.5. The molecule has 0 bridgehead atoms. The number of nitrogens with one attached hydrogen (secondary N) is 1. The van der Waals surface area contributed by atoms with Crippen LogP contribution in [0.15, 0.2) is 30.6 Å². The second-order valence-electron chi connectivity index (χ2n) is 9.17. The molecule has 1 saturated heterocycles. The van der Waals surface area contributed by atoms with Crippen molar-refractivity contribution in [1.29, 1.82) is 0 Å². The van der Waals surface area contributed by atoms with Crippen LogP contribution in [0.5, 0.6) is 5.75 Å². The predicted molar refractivity (Wildman–Crippen MR) is 122 cm³/mol. The highest BCUT2D eigenvalue weighted by Gasteiger charge is 2.33. The van der Waals surface area contributed by atoms with E-state index in [0.29, 0.717) is 6.20 Å². The van der Waals surface area contributed by atoms with Crippen molar-refractivity contribution in [3.05, 3.63) is 42.0 Å². The van der Waals surface area contributed by atoms with Crippen LogP contribution in [0.25, 0.3) is 0 Å². The molecule has 13 heteroatoms. The first-order valence-electron chi connectivity index (χ1n) is 11.1. The van der Waals surface area contributed by atoms with Crippen molar-refractivity contribution in [3.8, 4) is 5.75 Å². The molecule has 2 aromatic heterocycles. The summed E-state index contributed by atoms with van der Waals surface area (Å²) in [6.07, 6.45) is -3.16. The quantitative estimate of drug-likeness (QED) is 0.588. The fraction of sp³-hybridized carbons (Fsp3) is 0.478. The van der Waals surface area contributed by atoms with Gasteiger partial charge in [0.1, 0.15) is 18.0 Å². The van der Waals surface area contributed by atoms with Gasteiger partial charge in [0.15, 0.2) is 11.6 Å². The van der Waals surface area contributed by atoms with Crippen molar-refractivity contribution < 1.29 is 36.6 Å². The van der Waals surface area contributed by atoms with Gasteiger partial charge in [-0.15, -0.1) is 0 Å². The second-order valence-corrected chi connectivity index (χ2v) is 9.17. The molecule has 1 aliphatic rings. The molecule has 36 heavy (non-hydrogen) atoms. The van der Waals surface area contributed by atoms with E-state index in [4.69, 9.17) is 9.47 Å². The zero-order valence-electron chi connectivity index (χ0n) is 20.2. The SMILES string of the molecule is CC(COc1ccnc(N2CCN(c3ccc(C(F)(F)F)cn3)CC2=O)c1F)NC(=O)OC(C)(C)C. The standard InChI is InChI=1S/C23H27F4N5O4/c1-14(30-21(34)36-22(2,3)4)13-35-16-7-8-28-20(19(16)24)32-10-9-31(12-18(32)33)17-6-5-15(11-29-17)23(25,26)27/h5-8,11,14H,9-10,12-13H2,1-4H3,(H,30,34). The van der Waals surface area contributed by atoms with Crippen LogP contribution < -0.4 is 19.9 Å². The fourth-order valence-corrected chi connectivity index (χ4v) is 3.31. The van der Waals surface area contributed by atoms with Crippen LogP contribution in [0.2, 0.25) is 0 Å². The smallest absolute Gasteiger partial charge is 0.417 e. The molecule has 196 valence electrons. The Balaban J connectivity index is 1.61. The molecule has 1 aliphatic heterocycles. The van der Waals surface area contributed by atoms with Gasteiger partial charge in [-0.1, -0.05) is 0 Å². The van der Waals surface area contributed by atoms with Crippen LogP contribution in [0, 0.1) is 5.82 Å². The lowest BCUT2D eigenvalue weighted by Crippen LogP contribution is -2.51. The van der Waals surface area contributed by atoms with Gasteiger partial charge in [-0.25, -0.2) is 14.8 Å². The number of ether oxygens (including phenoxy) is 2. The van der Waals surface area contributed by atoms with Gasteiger partial charge in [0.05, 0.1) is 18.2 Å². The van der Waals surface area contributed by atoms with Crippen molar-refractivity contribution in [2.75, 3.05) is 36.0 Å². The highest BCUT2D eigenvalue weighted by molar-refractivity contribution is 5.97. The average Bonchev–Trinajstić information content (AvgIpc) is 2.77. The molecule has 0 aliphatic carbocycles. The van der Waals surface area contributed by atoms with Gasteiger partial charge in [0, 0.05) is 31.5 Å². The van der Waals surface area contributed by atoms with Gasteiger partial charge in [0.2, 0.25) is 11.7 Å². The van der Waals surface area contributed by atoms with Crippen molar-refractivity contribution in [3.63, 3.8) is 0 Å². The van der Waals surface area contributed by atoms with Crippen LogP contribution >= 0.6 is 0 Å². The summed E-state index contributed by atoms with van der Waals surface area (Å²) in [4.78, 5) is 35.0. The van der Waals surface area contributed by atoms with E-state index in [1.165, 1.54) is 23.2 Å². The number of rotatable bonds is 6. The monoisotopic (exact) mass is 513 g/mol. The van der Waals surface area contributed by atoms with Crippen LogP contribution in [0.1, 0.15) is 33.3 Å². The highest BCUT2D eigenvalue weighted by Crippen LogP contribution is 2.30. The minimum atomic E-state index is -4.51. The third kappa shape index (κ3) is 6.95. The summed E-state index contributed by atoms with van der Waals surface area (Å²) < 4.78 is 64.0. The van der Waals surface area contributed by atoms with Crippen molar-refractivity contribution >= 4 is 23.6 Å². The third-order valence-corrected chi connectivity index (χ3v) is 4.96. The summed E-state index contributed by atoms with van der Waals surface area (Å²) >= 11 is 0. The number of piperazine rings is 1. The minimum Gasteiger partial charge on any atom is -0.488 e. The Labute approximate surface area is 205 Å². The zero-order chi connectivity index (χ0) is 26.7. The molecule has 2 amide bonds. The molecule has 1 atom stereocenters. The molecule has 1 fully saturated rings. The number of halogens is 4. The molecule has 9 nitrogen and oxygen atoms in total. The number of hydrogen-bond donors (Lipinski definition) is 1. The molecule has 1 unspecified atom stereocenters. The molecule has 2 aromatic rings. The van der Waals surface area contributed by atoms with Crippen molar-refractivity contribution in [2.45, 2.75) is 45.5 Å². The van der Waals surface area contributed by atoms with E-state index in [2.05, 4.69) is 15.3 Å². The van der Waals surface area contributed by atoms with E-state index < -0.39 is 41.2 Å². The first kappa shape index (κ1) is 27.0. The van der Waals surface area contributed by atoms with Gasteiger partial charge < -0.3 is 19.7 Å². The minimum absolute atomic E-state index is 0.0332. The summed E-state index contributed by atoms with van der Waals surface area (Å²) in [6, 6.07) is 2.87. The van der Waals surface area contributed by atoms with E-state index in [9.17, 15) is 22.8 Å². The summed E-state index contributed by atoms with van der Waals surface area (Å²) in [6.45, 7) is 6.78. The third-order valence-electron chi connectivity index (χ3n) is 4.96. The highest BCUT2D eigenvalue weighted by atomic mass is 19.4. The van der Waals surface area contributed by atoms with Gasteiger partial charge in [-0.05, 0) is 39.8 Å². The number of anilines is 2. The lowest BCUT2D eigenvalue weighted by atomic mass is 10.2. The molecular weight excluding hydrogens is 486 g/mol. The Morgan fingerprint density at radius 2 is 1.89 bits per heavy atom. The zero-order valence-corrected chi connectivity index (χ0v) is 20.2. The number of alkyl halides is 3. The first-order chi connectivity index (χ1) is 16.7. The number of alkyl carbamates (subject to hydrolysis) is 1. The average molecular weight is 513 g/mol. The summed E-state index contributed by atoms with van der Waals surface area (Å²) in [5, 5.41) is 2.58. The van der Waals surface area contributed by atoms with E-state index in [-0.39, 0.29) is 43.6 Å². The molecule has 3 rings (SSSR count). The summed E-state index contributed by atoms with van der Waals surface area (Å²) in [5.41, 5.74) is -1.56. The molecule has 0 saturated carbocycles. The number of nitrogens with zero attached hydrogens (tertiary/aromatic N) is 4. The van der Waals surface area contributed by atoms with Gasteiger partial charge in [-0.2, -0.15) is 17.6 Å². The molecule has 1 N–H and O–H groups in total. The molecule has 0 radical (unpaired) electrons. The Morgan fingerprint density at radius 3 is 2.47 bits per heavy atom. The van der Waals surface area contributed by atoms with Gasteiger partial charge in [-0.3, -0.25) is 9.69 Å². The predicted octanol–water partition coefficient (Wildman–Crippen LogP) is 3.78. The molecular formula is C23H27F4N5O4. The van der Waals surface area contributed by atoms with E-state index in [0.717, 1.165) is 11.0 Å².